The zero-order valence-corrected chi connectivity index (χ0v) is 15.0. The molecular formula is C18H35NO4. The molecule has 136 valence electrons. The lowest BCUT2D eigenvalue weighted by Crippen LogP contribution is -2.40. The number of ether oxygens (including phenoxy) is 2. The van der Waals surface area contributed by atoms with Crippen molar-refractivity contribution < 1.29 is 19.4 Å². The molecule has 0 bridgehead atoms. The summed E-state index contributed by atoms with van der Waals surface area (Å²) < 4.78 is 10.4. The number of esters is 1. The van der Waals surface area contributed by atoms with Crippen molar-refractivity contribution in [1.82, 2.24) is 4.90 Å². The molecule has 5 nitrogen and oxygen atoms in total. The lowest BCUT2D eigenvalue weighted by molar-refractivity contribution is -0.147. The molecule has 5 heteroatoms. The van der Waals surface area contributed by atoms with Gasteiger partial charge < -0.3 is 14.6 Å². The number of carbonyl (C=O) groups is 1. The van der Waals surface area contributed by atoms with E-state index in [2.05, 4.69) is 4.90 Å². The van der Waals surface area contributed by atoms with Gasteiger partial charge >= 0.3 is 5.97 Å². The van der Waals surface area contributed by atoms with E-state index in [0.29, 0.717) is 6.42 Å². The molecule has 0 radical (unpaired) electrons. The van der Waals surface area contributed by atoms with Crippen molar-refractivity contribution in [2.75, 3.05) is 32.8 Å². The van der Waals surface area contributed by atoms with Crippen molar-refractivity contribution in [2.45, 2.75) is 77.4 Å². The molecule has 1 fully saturated rings. The lowest BCUT2D eigenvalue weighted by atomic mass is 10.1. The summed E-state index contributed by atoms with van der Waals surface area (Å²) in [5, 5.41) is 10.0. The van der Waals surface area contributed by atoms with Crippen molar-refractivity contribution in [3.63, 3.8) is 0 Å². The molecule has 1 aliphatic heterocycles. The summed E-state index contributed by atoms with van der Waals surface area (Å²) >= 11 is 0. The van der Waals surface area contributed by atoms with Gasteiger partial charge in [0.15, 0.2) is 0 Å². The zero-order valence-electron chi connectivity index (χ0n) is 15.0. The maximum Gasteiger partial charge on any atom is 0.306 e. The molecule has 1 aliphatic rings. The molecule has 0 aliphatic carbocycles. The highest BCUT2D eigenvalue weighted by molar-refractivity contribution is 5.69. The van der Waals surface area contributed by atoms with E-state index in [-0.39, 0.29) is 18.2 Å². The van der Waals surface area contributed by atoms with Crippen LogP contribution in [-0.2, 0) is 14.3 Å². The first kappa shape index (κ1) is 20.4. The fourth-order valence-electron chi connectivity index (χ4n) is 2.85. The highest BCUT2D eigenvalue weighted by Gasteiger charge is 2.14. The van der Waals surface area contributed by atoms with Crippen molar-refractivity contribution in [2.24, 2.45) is 0 Å². The van der Waals surface area contributed by atoms with Crippen LogP contribution in [0.3, 0.4) is 0 Å². The summed E-state index contributed by atoms with van der Waals surface area (Å²) in [4.78, 5) is 13.6. The van der Waals surface area contributed by atoms with Crippen LogP contribution in [0.1, 0.15) is 65.2 Å². The summed E-state index contributed by atoms with van der Waals surface area (Å²) in [7, 11) is 0. The molecule has 1 saturated heterocycles. The number of nitrogens with zero attached hydrogens (tertiary/aromatic N) is 1. The molecule has 0 aromatic carbocycles. The maximum absolute atomic E-state index is 11.4. The predicted molar refractivity (Wildman–Crippen MR) is 91.4 cm³/mol. The van der Waals surface area contributed by atoms with Gasteiger partial charge in [0, 0.05) is 26.1 Å². The van der Waals surface area contributed by atoms with Gasteiger partial charge in [0.1, 0.15) is 0 Å². The van der Waals surface area contributed by atoms with Crippen LogP contribution in [0.25, 0.3) is 0 Å². The van der Waals surface area contributed by atoms with E-state index in [1.807, 2.05) is 13.8 Å². The molecule has 1 atom stereocenters. The Morgan fingerprint density at radius 3 is 2.35 bits per heavy atom. The predicted octanol–water partition coefficient (Wildman–Crippen LogP) is 2.75. The highest BCUT2D eigenvalue weighted by atomic mass is 16.5. The highest BCUT2D eigenvalue weighted by Crippen LogP contribution is 2.11. The average molecular weight is 329 g/mol. The molecule has 1 unspecified atom stereocenters. The second-order valence-corrected chi connectivity index (χ2v) is 6.77. The number of aliphatic hydroxyl groups excluding tert-OH is 1. The van der Waals surface area contributed by atoms with Gasteiger partial charge in [-0.15, -0.1) is 0 Å². The van der Waals surface area contributed by atoms with Gasteiger partial charge in [0.2, 0.25) is 0 Å². The van der Waals surface area contributed by atoms with E-state index >= 15 is 0 Å². The SMILES string of the molecule is CC(C)OC(=O)CCCCCCCCC(O)CN1CCOCC1. The number of morpholine rings is 1. The molecule has 1 N–H and O–H groups in total. The maximum atomic E-state index is 11.4. The summed E-state index contributed by atoms with van der Waals surface area (Å²) in [6, 6.07) is 0. The van der Waals surface area contributed by atoms with Crippen LogP contribution in [0, 0.1) is 0 Å². The smallest absolute Gasteiger partial charge is 0.306 e. The van der Waals surface area contributed by atoms with E-state index in [1.54, 1.807) is 0 Å². The van der Waals surface area contributed by atoms with Gasteiger partial charge in [-0.05, 0) is 26.7 Å². The summed E-state index contributed by atoms with van der Waals surface area (Å²) in [6.45, 7) is 8.00. The molecule has 1 heterocycles. The number of carbonyl (C=O) groups excluding carboxylic acids is 1. The van der Waals surface area contributed by atoms with Gasteiger partial charge in [-0.1, -0.05) is 32.1 Å². The number of hydrogen-bond donors (Lipinski definition) is 1. The van der Waals surface area contributed by atoms with Crippen LogP contribution < -0.4 is 0 Å². The van der Waals surface area contributed by atoms with Gasteiger partial charge in [0.05, 0.1) is 25.4 Å². The fraction of sp³-hybridized carbons (Fsp3) is 0.944. The minimum atomic E-state index is -0.209. The molecule has 0 aromatic heterocycles. The third-order valence-corrected chi connectivity index (χ3v) is 4.11. The van der Waals surface area contributed by atoms with Crippen LogP contribution in [-0.4, -0.2) is 61.0 Å². The first-order valence-corrected chi connectivity index (χ1v) is 9.25. The molecular weight excluding hydrogens is 294 g/mol. The number of aliphatic hydroxyl groups is 1. The van der Waals surface area contributed by atoms with Gasteiger partial charge in [-0.3, -0.25) is 9.69 Å². The molecule has 0 aromatic rings. The summed E-state index contributed by atoms with van der Waals surface area (Å²) in [5.41, 5.74) is 0. The minimum Gasteiger partial charge on any atom is -0.463 e. The quantitative estimate of drug-likeness (QED) is 0.441. The molecule has 0 amide bonds. The Balaban J connectivity index is 1.86. The van der Waals surface area contributed by atoms with Crippen LogP contribution in [0.2, 0.25) is 0 Å². The van der Waals surface area contributed by atoms with Crippen LogP contribution in [0.5, 0.6) is 0 Å². The van der Waals surface area contributed by atoms with Crippen LogP contribution in [0.4, 0.5) is 0 Å². The molecule has 23 heavy (non-hydrogen) atoms. The van der Waals surface area contributed by atoms with Crippen molar-refractivity contribution in [1.29, 1.82) is 0 Å². The van der Waals surface area contributed by atoms with E-state index in [4.69, 9.17) is 9.47 Å². The van der Waals surface area contributed by atoms with Crippen molar-refractivity contribution >= 4 is 5.97 Å². The number of hydrogen-bond acceptors (Lipinski definition) is 5. The topological polar surface area (TPSA) is 59.0 Å². The van der Waals surface area contributed by atoms with Crippen LogP contribution >= 0.6 is 0 Å². The van der Waals surface area contributed by atoms with E-state index in [0.717, 1.165) is 71.4 Å². The number of rotatable bonds is 12. The first-order valence-electron chi connectivity index (χ1n) is 9.25. The molecule has 1 rings (SSSR count). The molecule has 0 spiro atoms. The lowest BCUT2D eigenvalue weighted by Gasteiger charge is -2.28. The number of β-amino-alcohol motifs (C(OH)–C–C–N with tert-alkyl or cyclic N) is 1. The first-order chi connectivity index (χ1) is 11.1. The van der Waals surface area contributed by atoms with Gasteiger partial charge in [-0.25, -0.2) is 0 Å². The third kappa shape index (κ3) is 11.5. The second-order valence-electron chi connectivity index (χ2n) is 6.77. The second kappa shape index (κ2) is 12.7. The van der Waals surface area contributed by atoms with Crippen LogP contribution in [0.15, 0.2) is 0 Å². The Morgan fingerprint density at radius 2 is 1.70 bits per heavy atom. The standard InChI is InChI=1S/C18H35NO4/c1-16(2)23-18(21)10-8-6-4-3-5-7-9-17(20)15-19-11-13-22-14-12-19/h16-17,20H,3-15H2,1-2H3. The van der Waals surface area contributed by atoms with E-state index in [9.17, 15) is 9.90 Å². The largest absolute Gasteiger partial charge is 0.463 e. The minimum absolute atomic E-state index is 0.00797. The monoisotopic (exact) mass is 329 g/mol. The Morgan fingerprint density at radius 1 is 1.09 bits per heavy atom. The fourth-order valence-corrected chi connectivity index (χ4v) is 2.85. The van der Waals surface area contributed by atoms with Gasteiger partial charge in [-0.2, -0.15) is 0 Å². The van der Waals surface area contributed by atoms with Crippen molar-refractivity contribution in [3.8, 4) is 0 Å². The normalized spacial score (nSPS) is 17.4. The van der Waals surface area contributed by atoms with E-state index < -0.39 is 0 Å². The van der Waals surface area contributed by atoms with Crippen molar-refractivity contribution in [3.05, 3.63) is 0 Å². The Kier molecular flexibility index (Phi) is 11.3. The molecule has 0 saturated carbocycles. The number of unbranched alkanes of at least 4 members (excludes halogenated alkanes) is 5. The van der Waals surface area contributed by atoms with E-state index in [1.165, 1.54) is 6.42 Å². The third-order valence-electron chi connectivity index (χ3n) is 4.11. The van der Waals surface area contributed by atoms with Gasteiger partial charge in [0.25, 0.3) is 0 Å². The summed E-state index contributed by atoms with van der Waals surface area (Å²) in [5.74, 6) is -0.0776. The average Bonchev–Trinajstić information content (AvgIpc) is 2.50. The summed E-state index contributed by atoms with van der Waals surface area (Å²) in [6.07, 6.45) is 7.81. The Hall–Kier alpha value is -0.650. The Labute approximate surface area is 141 Å². The Bertz CT molecular complexity index is 303. The zero-order chi connectivity index (χ0) is 16.9.